The lowest BCUT2D eigenvalue weighted by molar-refractivity contribution is 0.895. The Balaban J connectivity index is 2.21. The van der Waals surface area contributed by atoms with Crippen LogP contribution in [-0.4, -0.2) is 14.6 Å². The van der Waals surface area contributed by atoms with Gasteiger partial charge < -0.3 is 0 Å². The van der Waals surface area contributed by atoms with Crippen LogP contribution in [0.5, 0.6) is 0 Å². The molecule has 66 valence electrons. The first-order valence-corrected chi connectivity index (χ1v) is 5.41. The Morgan fingerprint density at radius 1 is 1.38 bits per heavy atom. The molecule has 0 atom stereocenters. The van der Waals surface area contributed by atoms with Gasteiger partial charge in [0.15, 0.2) is 0 Å². The second-order valence-corrected chi connectivity index (χ2v) is 4.57. The summed E-state index contributed by atoms with van der Waals surface area (Å²) in [5, 5.41) is 4.26. The maximum absolute atomic E-state index is 4.44. The Bertz CT molecular complexity index is 459. The summed E-state index contributed by atoms with van der Waals surface area (Å²) in [6.45, 7) is 0. The van der Waals surface area contributed by atoms with Crippen LogP contribution < -0.4 is 0 Å². The lowest BCUT2D eigenvalue weighted by Gasteiger charge is -1.97. The van der Waals surface area contributed by atoms with Crippen LogP contribution in [0.25, 0.3) is 5.52 Å². The summed E-state index contributed by atoms with van der Waals surface area (Å²) >= 11 is 2.27. The number of hydrogen-bond acceptors (Lipinski definition) is 2. The van der Waals surface area contributed by atoms with Crippen molar-refractivity contribution < 1.29 is 0 Å². The highest BCUT2D eigenvalue weighted by molar-refractivity contribution is 14.1. The normalized spacial score (nSPS) is 16.7. The fraction of sp³-hybridized carbons (Fsp3) is 0.333. The van der Waals surface area contributed by atoms with Crippen molar-refractivity contribution >= 4 is 28.1 Å². The Kier molecular flexibility index (Phi) is 1.59. The summed E-state index contributed by atoms with van der Waals surface area (Å²) in [7, 11) is 0. The van der Waals surface area contributed by atoms with Crippen LogP contribution in [0.4, 0.5) is 0 Å². The summed E-state index contributed by atoms with van der Waals surface area (Å²) in [5.41, 5.74) is 2.29. The minimum Gasteiger partial charge on any atom is -0.257 e. The maximum Gasteiger partial charge on any atom is 0.0978 e. The van der Waals surface area contributed by atoms with Gasteiger partial charge >= 0.3 is 0 Å². The monoisotopic (exact) mass is 285 g/mol. The van der Waals surface area contributed by atoms with Crippen molar-refractivity contribution in [3.8, 4) is 0 Å². The predicted molar refractivity (Wildman–Crippen MR) is 57.7 cm³/mol. The summed E-state index contributed by atoms with van der Waals surface area (Å²) in [6, 6.07) is 0. The second-order valence-electron chi connectivity index (χ2n) is 3.41. The lowest BCUT2D eigenvalue weighted by atomic mass is 10.3. The van der Waals surface area contributed by atoms with E-state index in [9.17, 15) is 0 Å². The van der Waals surface area contributed by atoms with Gasteiger partial charge in [0.25, 0.3) is 0 Å². The molecule has 3 rings (SSSR count). The van der Waals surface area contributed by atoms with E-state index < -0.39 is 0 Å². The molecule has 2 heterocycles. The highest BCUT2D eigenvalue weighted by atomic mass is 127. The van der Waals surface area contributed by atoms with Crippen LogP contribution in [0, 0.1) is 3.57 Å². The molecule has 1 aliphatic carbocycles. The molecule has 1 aliphatic rings. The number of aromatic nitrogens is 3. The third-order valence-corrected chi connectivity index (χ3v) is 3.20. The van der Waals surface area contributed by atoms with E-state index in [1.807, 2.05) is 16.9 Å². The van der Waals surface area contributed by atoms with E-state index in [1.165, 1.54) is 18.5 Å². The van der Waals surface area contributed by atoms with Crippen LogP contribution in [0.15, 0.2) is 18.6 Å². The summed E-state index contributed by atoms with van der Waals surface area (Å²) in [6.07, 6.45) is 8.42. The third kappa shape index (κ3) is 1.23. The van der Waals surface area contributed by atoms with Crippen molar-refractivity contribution in [3.05, 3.63) is 27.9 Å². The zero-order valence-corrected chi connectivity index (χ0v) is 9.10. The predicted octanol–water partition coefficient (Wildman–Crippen LogP) is 2.21. The zero-order chi connectivity index (χ0) is 8.84. The molecule has 4 heteroatoms. The molecule has 0 radical (unpaired) electrons. The lowest BCUT2D eigenvalue weighted by Crippen LogP contribution is -1.93. The van der Waals surface area contributed by atoms with E-state index in [0.717, 1.165) is 9.09 Å². The van der Waals surface area contributed by atoms with Gasteiger partial charge in [0.05, 0.1) is 33.4 Å². The molecule has 2 aromatic rings. The van der Waals surface area contributed by atoms with Gasteiger partial charge in [-0.15, -0.1) is 0 Å². The first kappa shape index (κ1) is 7.73. The van der Waals surface area contributed by atoms with Crippen LogP contribution in [0.1, 0.15) is 24.5 Å². The van der Waals surface area contributed by atoms with E-state index in [1.54, 1.807) is 0 Å². The number of nitrogens with zero attached hydrogens (tertiary/aromatic N) is 3. The summed E-state index contributed by atoms with van der Waals surface area (Å²) < 4.78 is 3.08. The van der Waals surface area contributed by atoms with Crippen molar-refractivity contribution in [1.29, 1.82) is 0 Å². The molecule has 0 aliphatic heterocycles. The van der Waals surface area contributed by atoms with Gasteiger partial charge in [0, 0.05) is 5.92 Å². The molecule has 13 heavy (non-hydrogen) atoms. The molecular formula is C9H8IN3. The van der Waals surface area contributed by atoms with Gasteiger partial charge in [-0.25, -0.2) is 4.52 Å². The van der Waals surface area contributed by atoms with E-state index >= 15 is 0 Å². The van der Waals surface area contributed by atoms with Crippen molar-refractivity contribution in [2.45, 2.75) is 18.8 Å². The van der Waals surface area contributed by atoms with E-state index in [0.29, 0.717) is 5.92 Å². The Morgan fingerprint density at radius 2 is 2.23 bits per heavy atom. The summed E-state index contributed by atoms with van der Waals surface area (Å²) in [5.74, 6) is 0.700. The minimum absolute atomic E-state index is 0.700. The molecule has 0 unspecified atom stereocenters. The Hall–Kier alpha value is -0.650. The smallest absolute Gasteiger partial charge is 0.0978 e. The van der Waals surface area contributed by atoms with E-state index in [-0.39, 0.29) is 0 Å². The highest BCUT2D eigenvalue weighted by Gasteiger charge is 2.25. The van der Waals surface area contributed by atoms with Gasteiger partial charge in [0.1, 0.15) is 0 Å². The summed E-state index contributed by atoms with van der Waals surface area (Å²) in [4.78, 5) is 4.44. The second kappa shape index (κ2) is 2.67. The van der Waals surface area contributed by atoms with Crippen LogP contribution in [-0.2, 0) is 0 Å². The van der Waals surface area contributed by atoms with Crippen molar-refractivity contribution in [2.75, 3.05) is 0 Å². The largest absolute Gasteiger partial charge is 0.257 e. The molecule has 1 fully saturated rings. The number of rotatable bonds is 1. The Morgan fingerprint density at radius 3 is 3.00 bits per heavy atom. The van der Waals surface area contributed by atoms with Gasteiger partial charge in [0.2, 0.25) is 0 Å². The quantitative estimate of drug-likeness (QED) is 0.752. The molecule has 3 nitrogen and oxygen atoms in total. The highest BCUT2D eigenvalue weighted by Crippen LogP contribution is 2.38. The first-order valence-electron chi connectivity index (χ1n) is 4.33. The maximum atomic E-state index is 4.44. The standard InChI is InChI=1S/C9H8IN3/c10-7-3-12-13-5-8(6-1-2-6)11-4-9(7)13/h3-6H,1-2H2. The molecule has 0 spiro atoms. The van der Waals surface area contributed by atoms with Gasteiger partial charge in [-0.3, -0.25) is 4.98 Å². The number of hydrogen-bond donors (Lipinski definition) is 0. The molecule has 1 saturated carbocycles. The number of halogens is 1. The van der Waals surface area contributed by atoms with Crippen molar-refractivity contribution in [1.82, 2.24) is 14.6 Å². The van der Waals surface area contributed by atoms with E-state index in [4.69, 9.17) is 0 Å². The molecule has 0 saturated heterocycles. The molecule has 0 amide bonds. The van der Waals surface area contributed by atoms with Crippen molar-refractivity contribution in [3.63, 3.8) is 0 Å². The Labute approximate surface area is 89.3 Å². The third-order valence-electron chi connectivity index (χ3n) is 2.37. The van der Waals surface area contributed by atoms with E-state index in [2.05, 4.69) is 38.9 Å². The first-order chi connectivity index (χ1) is 6.34. The van der Waals surface area contributed by atoms with Crippen molar-refractivity contribution in [2.24, 2.45) is 0 Å². The topological polar surface area (TPSA) is 30.2 Å². The average Bonchev–Trinajstić information content (AvgIpc) is 2.93. The fourth-order valence-electron chi connectivity index (χ4n) is 1.46. The van der Waals surface area contributed by atoms with Gasteiger partial charge in [-0.2, -0.15) is 5.10 Å². The molecule has 0 bridgehead atoms. The molecular weight excluding hydrogens is 277 g/mol. The van der Waals surface area contributed by atoms with Crippen LogP contribution in [0.3, 0.4) is 0 Å². The average molecular weight is 285 g/mol. The van der Waals surface area contributed by atoms with Gasteiger partial charge in [-0.1, -0.05) is 0 Å². The van der Waals surface area contributed by atoms with Crippen LogP contribution >= 0.6 is 22.6 Å². The fourth-order valence-corrected chi connectivity index (χ4v) is 1.97. The molecule has 0 aromatic carbocycles. The number of fused-ring (bicyclic) bond motifs is 1. The van der Waals surface area contributed by atoms with Crippen LogP contribution in [0.2, 0.25) is 0 Å². The molecule has 0 N–H and O–H groups in total. The minimum atomic E-state index is 0.700. The van der Waals surface area contributed by atoms with Gasteiger partial charge in [-0.05, 0) is 35.4 Å². The SMILES string of the molecule is Ic1cnn2cc(C3CC3)ncc12. The molecule has 2 aromatic heterocycles. The zero-order valence-electron chi connectivity index (χ0n) is 6.94.